The zero-order valence-corrected chi connectivity index (χ0v) is 19.7. The Kier molecular flexibility index (Phi) is 8.24. The maximum absolute atomic E-state index is 13.4. The van der Waals surface area contributed by atoms with Crippen LogP contribution in [0, 0.1) is 0 Å². The third-order valence-electron chi connectivity index (χ3n) is 5.06. The Balaban J connectivity index is 1.88. The predicted octanol–water partition coefficient (Wildman–Crippen LogP) is 3.50. The first-order chi connectivity index (χ1) is 15.4. The number of hydrazone groups is 1. The van der Waals surface area contributed by atoms with Gasteiger partial charge in [0.15, 0.2) is 0 Å². The van der Waals surface area contributed by atoms with Crippen LogP contribution in [0.4, 0.5) is 4.79 Å². The number of ether oxygens (including phenoxy) is 2. The van der Waals surface area contributed by atoms with Gasteiger partial charge in [0.1, 0.15) is 12.3 Å². The summed E-state index contributed by atoms with van der Waals surface area (Å²) in [5.74, 6) is 0.439. The van der Waals surface area contributed by atoms with E-state index < -0.39 is 0 Å². The van der Waals surface area contributed by atoms with Crippen molar-refractivity contribution in [2.75, 3.05) is 33.9 Å². The first-order valence-electron chi connectivity index (χ1n) is 10.5. The van der Waals surface area contributed by atoms with Crippen LogP contribution >= 0.6 is 11.3 Å². The number of carbonyl (C=O) groups is 2. The van der Waals surface area contributed by atoms with E-state index in [1.807, 2.05) is 55.6 Å². The maximum atomic E-state index is 13.4. The Morgan fingerprint density at radius 2 is 2.03 bits per heavy atom. The molecule has 0 spiro atoms. The van der Waals surface area contributed by atoms with Gasteiger partial charge in [-0.3, -0.25) is 4.79 Å². The normalized spacial score (nSPS) is 15.6. The highest BCUT2D eigenvalue weighted by molar-refractivity contribution is 7.12. The minimum absolute atomic E-state index is 0.0424. The zero-order valence-electron chi connectivity index (χ0n) is 18.9. The zero-order chi connectivity index (χ0) is 23.1. The van der Waals surface area contributed by atoms with Gasteiger partial charge in [0.2, 0.25) is 0 Å². The van der Waals surface area contributed by atoms with E-state index in [0.717, 1.165) is 16.2 Å². The number of thiophene rings is 1. The molecule has 0 unspecified atom stereocenters. The second-order valence-corrected chi connectivity index (χ2v) is 8.69. The van der Waals surface area contributed by atoms with Crippen molar-refractivity contribution in [2.24, 2.45) is 5.10 Å². The van der Waals surface area contributed by atoms with Crippen molar-refractivity contribution in [3.63, 3.8) is 0 Å². The number of carbonyl (C=O) groups excluding carboxylic acids is 2. The minimum Gasteiger partial charge on any atom is -0.496 e. The van der Waals surface area contributed by atoms with Crippen LogP contribution in [0.5, 0.6) is 5.75 Å². The number of nitrogens with one attached hydrogen (secondary N) is 1. The molecular formula is C23H30N4O4S. The van der Waals surface area contributed by atoms with E-state index in [1.165, 1.54) is 9.91 Å². The molecule has 1 aromatic heterocycles. The lowest BCUT2D eigenvalue weighted by Crippen LogP contribution is -2.48. The van der Waals surface area contributed by atoms with Gasteiger partial charge in [0, 0.05) is 31.7 Å². The van der Waals surface area contributed by atoms with E-state index in [-0.39, 0.29) is 30.6 Å². The van der Waals surface area contributed by atoms with Gasteiger partial charge in [-0.2, -0.15) is 5.10 Å². The van der Waals surface area contributed by atoms with Crippen LogP contribution in [0.25, 0.3) is 0 Å². The van der Waals surface area contributed by atoms with Crippen molar-refractivity contribution < 1.29 is 19.1 Å². The highest BCUT2D eigenvalue weighted by Gasteiger charge is 2.36. The van der Waals surface area contributed by atoms with Crippen molar-refractivity contribution >= 4 is 29.0 Å². The molecule has 2 aromatic rings. The van der Waals surface area contributed by atoms with E-state index in [0.29, 0.717) is 25.3 Å². The summed E-state index contributed by atoms with van der Waals surface area (Å²) in [5, 5.41) is 11.0. The highest BCUT2D eigenvalue weighted by atomic mass is 32.1. The van der Waals surface area contributed by atoms with Crippen LogP contribution in [0.15, 0.2) is 46.9 Å². The van der Waals surface area contributed by atoms with Gasteiger partial charge >= 0.3 is 6.03 Å². The van der Waals surface area contributed by atoms with E-state index in [4.69, 9.17) is 9.47 Å². The second kappa shape index (κ2) is 11.1. The van der Waals surface area contributed by atoms with Crippen molar-refractivity contribution in [3.05, 3.63) is 52.2 Å². The smallest absolute Gasteiger partial charge is 0.318 e. The fraction of sp³-hybridized carbons (Fsp3) is 0.435. The van der Waals surface area contributed by atoms with Crippen molar-refractivity contribution in [3.8, 4) is 5.75 Å². The Morgan fingerprint density at radius 1 is 1.25 bits per heavy atom. The van der Waals surface area contributed by atoms with E-state index >= 15 is 0 Å². The molecule has 172 valence electrons. The molecule has 0 radical (unpaired) electrons. The van der Waals surface area contributed by atoms with Crippen LogP contribution in [-0.2, 0) is 9.53 Å². The number of rotatable bonds is 9. The predicted molar refractivity (Wildman–Crippen MR) is 125 cm³/mol. The van der Waals surface area contributed by atoms with Gasteiger partial charge in [0.25, 0.3) is 5.91 Å². The first-order valence-corrected chi connectivity index (χ1v) is 11.4. The number of nitrogens with zero attached hydrogens (tertiary/aromatic N) is 3. The van der Waals surface area contributed by atoms with Crippen molar-refractivity contribution in [2.45, 2.75) is 32.4 Å². The summed E-state index contributed by atoms with van der Waals surface area (Å²) in [6.07, 6.45) is 0.572. The van der Waals surface area contributed by atoms with E-state index in [2.05, 4.69) is 10.4 Å². The Morgan fingerprint density at radius 3 is 2.69 bits per heavy atom. The molecule has 1 aliphatic rings. The number of hydrogen-bond acceptors (Lipinski definition) is 6. The van der Waals surface area contributed by atoms with Crippen molar-refractivity contribution in [1.82, 2.24) is 15.2 Å². The molecule has 32 heavy (non-hydrogen) atoms. The molecule has 1 aromatic carbocycles. The number of benzene rings is 1. The lowest BCUT2D eigenvalue weighted by molar-refractivity contribution is -0.133. The standard InChI is InChI=1S/C23H30N4O4S/c1-16(2)24-23(29)26(11-12-30-3)15-22(28)27-19(17-8-5-6-9-20(17)31-4)14-18(25-27)21-10-7-13-32-21/h5-10,13,16,19H,11-12,14-15H2,1-4H3,(H,24,29)/t19-/m0/s1. The first kappa shape index (κ1) is 23.7. The molecule has 1 atom stereocenters. The van der Waals surface area contributed by atoms with Crippen LogP contribution in [0.3, 0.4) is 0 Å². The number of urea groups is 1. The van der Waals surface area contributed by atoms with Crippen LogP contribution in [-0.4, -0.2) is 67.5 Å². The molecule has 2 heterocycles. The monoisotopic (exact) mass is 458 g/mol. The largest absolute Gasteiger partial charge is 0.496 e. The summed E-state index contributed by atoms with van der Waals surface area (Å²) in [6.45, 7) is 4.29. The lowest BCUT2D eigenvalue weighted by atomic mass is 10.00. The Bertz CT molecular complexity index is 945. The fourth-order valence-electron chi connectivity index (χ4n) is 3.54. The average molecular weight is 459 g/mol. The number of para-hydroxylation sites is 1. The van der Waals surface area contributed by atoms with Gasteiger partial charge in [-0.1, -0.05) is 24.3 Å². The molecule has 8 nitrogen and oxygen atoms in total. The summed E-state index contributed by atoms with van der Waals surface area (Å²) < 4.78 is 10.7. The second-order valence-electron chi connectivity index (χ2n) is 7.74. The van der Waals surface area contributed by atoms with E-state index in [1.54, 1.807) is 25.6 Å². The summed E-state index contributed by atoms with van der Waals surface area (Å²) in [4.78, 5) is 28.6. The summed E-state index contributed by atoms with van der Waals surface area (Å²) >= 11 is 1.59. The minimum atomic E-state index is -0.312. The van der Waals surface area contributed by atoms with Gasteiger partial charge in [-0.05, 0) is 31.4 Å². The third-order valence-corrected chi connectivity index (χ3v) is 5.98. The fourth-order valence-corrected chi connectivity index (χ4v) is 4.26. The quantitative estimate of drug-likeness (QED) is 0.623. The van der Waals surface area contributed by atoms with Gasteiger partial charge < -0.3 is 19.7 Å². The van der Waals surface area contributed by atoms with Gasteiger partial charge in [-0.15, -0.1) is 11.3 Å². The third kappa shape index (κ3) is 5.66. The summed E-state index contributed by atoms with van der Waals surface area (Å²) in [5.41, 5.74) is 1.73. The molecule has 9 heteroatoms. The number of hydrogen-bond donors (Lipinski definition) is 1. The van der Waals surface area contributed by atoms with Gasteiger partial charge in [-0.25, -0.2) is 9.80 Å². The van der Waals surface area contributed by atoms with Crippen molar-refractivity contribution in [1.29, 1.82) is 0 Å². The highest BCUT2D eigenvalue weighted by Crippen LogP contribution is 2.38. The number of methoxy groups -OCH3 is 2. The summed E-state index contributed by atoms with van der Waals surface area (Å²) in [7, 11) is 3.18. The molecule has 0 aliphatic carbocycles. The molecule has 1 N–H and O–H groups in total. The maximum Gasteiger partial charge on any atom is 0.318 e. The average Bonchev–Trinajstić information content (AvgIpc) is 3.45. The van der Waals surface area contributed by atoms with E-state index in [9.17, 15) is 9.59 Å². The molecule has 0 bridgehead atoms. The lowest BCUT2D eigenvalue weighted by Gasteiger charge is -2.28. The SMILES string of the molecule is COCCN(CC(=O)N1N=C(c2cccs2)C[C@H]1c1ccccc1OC)C(=O)NC(C)C. The Hall–Kier alpha value is -2.91. The van der Waals surface area contributed by atoms with Gasteiger partial charge in [0.05, 0.1) is 30.3 Å². The molecular weight excluding hydrogens is 428 g/mol. The molecule has 3 amide bonds. The molecule has 0 saturated heterocycles. The topological polar surface area (TPSA) is 83.5 Å². The van der Waals surface area contributed by atoms with Crippen LogP contribution in [0.2, 0.25) is 0 Å². The summed E-state index contributed by atoms with van der Waals surface area (Å²) in [6, 6.07) is 10.9. The molecule has 0 saturated carbocycles. The number of amides is 3. The Labute approximate surface area is 192 Å². The van der Waals surface area contributed by atoms with Crippen LogP contribution in [0.1, 0.15) is 36.8 Å². The molecule has 1 aliphatic heterocycles. The van der Waals surface area contributed by atoms with Crippen LogP contribution < -0.4 is 10.1 Å². The molecule has 0 fully saturated rings. The molecule has 3 rings (SSSR count).